The van der Waals surface area contributed by atoms with Gasteiger partial charge in [-0.1, -0.05) is 40.8 Å². The Kier molecular flexibility index (Phi) is 4.57. The van der Waals surface area contributed by atoms with Gasteiger partial charge in [0.15, 0.2) is 4.34 Å². The fourth-order valence-electron chi connectivity index (χ4n) is 1.23. The molecular formula is C11H10ClN3OS2. The average Bonchev–Trinajstić information content (AvgIpc) is 2.81. The van der Waals surface area contributed by atoms with Gasteiger partial charge in [-0.15, -0.1) is 10.2 Å². The molecule has 0 fully saturated rings. The highest BCUT2D eigenvalue weighted by molar-refractivity contribution is 8.02. The summed E-state index contributed by atoms with van der Waals surface area (Å²) in [5, 5.41) is 10.8. The maximum atomic E-state index is 11.9. The molecule has 2 aromatic rings. The fourth-order valence-corrected chi connectivity index (χ4v) is 3.05. The van der Waals surface area contributed by atoms with Gasteiger partial charge in [0.2, 0.25) is 5.91 Å². The normalized spacial score (nSPS) is 12.1. The van der Waals surface area contributed by atoms with Crippen molar-refractivity contribution in [1.82, 2.24) is 10.2 Å². The van der Waals surface area contributed by atoms with Crippen LogP contribution >= 0.6 is 34.7 Å². The number of nitrogens with one attached hydrogen (secondary N) is 1. The van der Waals surface area contributed by atoms with Crippen LogP contribution in [-0.4, -0.2) is 21.4 Å². The Morgan fingerprint density at radius 3 is 3.06 bits per heavy atom. The van der Waals surface area contributed by atoms with Crippen molar-refractivity contribution in [1.29, 1.82) is 0 Å². The molecule has 0 radical (unpaired) electrons. The zero-order valence-corrected chi connectivity index (χ0v) is 11.9. The first-order valence-corrected chi connectivity index (χ1v) is 7.28. The highest BCUT2D eigenvalue weighted by Gasteiger charge is 2.16. The average molecular weight is 300 g/mol. The zero-order chi connectivity index (χ0) is 13.0. The molecule has 0 aliphatic carbocycles. The lowest BCUT2D eigenvalue weighted by Gasteiger charge is -2.10. The Balaban J connectivity index is 1.95. The first-order valence-electron chi connectivity index (χ1n) is 5.14. The highest BCUT2D eigenvalue weighted by atomic mass is 35.5. The van der Waals surface area contributed by atoms with E-state index in [1.807, 2.05) is 6.92 Å². The summed E-state index contributed by atoms with van der Waals surface area (Å²) in [5.41, 5.74) is 2.33. The van der Waals surface area contributed by atoms with Gasteiger partial charge in [-0.3, -0.25) is 4.79 Å². The van der Waals surface area contributed by atoms with E-state index in [1.54, 1.807) is 29.8 Å². The lowest BCUT2D eigenvalue weighted by molar-refractivity contribution is -0.115. The van der Waals surface area contributed by atoms with Crippen LogP contribution in [0.1, 0.15) is 6.92 Å². The number of carbonyl (C=O) groups excluding carboxylic acids is 1. The van der Waals surface area contributed by atoms with E-state index >= 15 is 0 Å². The van der Waals surface area contributed by atoms with Crippen molar-refractivity contribution in [3.63, 3.8) is 0 Å². The van der Waals surface area contributed by atoms with Gasteiger partial charge in [-0.2, -0.15) is 0 Å². The van der Waals surface area contributed by atoms with Gasteiger partial charge in [0.05, 0.1) is 5.25 Å². The van der Waals surface area contributed by atoms with Gasteiger partial charge in [0.25, 0.3) is 0 Å². The van der Waals surface area contributed by atoms with Gasteiger partial charge in [0, 0.05) is 10.7 Å². The molecule has 7 heteroatoms. The standard InChI is InChI=1S/C11H10ClN3OS2/c1-7(18-11-15-13-6-17-11)10(16)14-9-4-2-3-8(12)5-9/h2-7H,1H3,(H,14,16). The minimum Gasteiger partial charge on any atom is -0.325 e. The second-order valence-electron chi connectivity index (χ2n) is 3.46. The maximum Gasteiger partial charge on any atom is 0.237 e. The summed E-state index contributed by atoms with van der Waals surface area (Å²) in [6.07, 6.45) is 0. The third-order valence-electron chi connectivity index (χ3n) is 2.08. The van der Waals surface area contributed by atoms with E-state index < -0.39 is 0 Å². The molecule has 1 atom stereocenters. The monoisotopic (exact) mass is 299 g/mol. The Hall–Kier alpha value is -1.11. The van der Waals surface area contributed by atoms with Crippen LogP contribution in [-0.2, 0) is 4.79 Å². The van der Waals surface area contributed by atoms with E-state index in [9.17, 15) is 4.79 Å². The van der Waals surface area contributed by atoms with Crippen LogP contribution in [0.25, 0.3) is 0 Å². The molecule has 1 aromatic heterocycles. The first kappa shape index (κ1) is 13.3. The molecule has 94 valence electrons. The molecule has 0 aliphatic heterocycles. The third-order valence-corrected chi connectivity index (χ3v) is 4.23. The van der Waals surface area contributed by atoms with Gasteiger partial charge in [-0.25, -0.2) is 0 Å². The third kappa shape index (κ3) is 3.69. The minimum absolute atomic E-state index is 0.0857. The Morgan fingerprint density at radius 1 is 1.56 bits per heavy atom. The number of halogens is 1. The van der Waals surface area contributed by atoms with Crippen LogP contribution in [0.3, 0.4) is 0 Å². The molecule has 0 saturated heterocycles. The number of anilines is 1. The van der Waals surface area contributed by atoms with E-state index in [0.717, 1.165) is 4.34 Å². The number of hydrogen-bond acceptors (Lipinski definition) is 5. The van der Waals surface area contributed by atoms with Crippen molar-refractivity contribution < 1.29 is 4.79 Å². The van der Waals surface area contributed by atoms with Crippen molar-refractivity contribution >= 4 is 46.3 Å². The number of hydrogen-bond donors (Lipinski definition) is 1. The lowest BCUT2D eigenvalue weighted by Crippen LogP contribution is -2.22. The molecule has 18 heavy (non-hydrogen) atoms. The molecule has 0 saturated carbocycles. The summed E-state index contributed by atoms with van der Waals surface area (Å²) >= 11 is 8.65. The van der Waals surface area contributed by atoms with Crippen molar-refractivity contribution in [2.45, 2.75) is 16.5 Å². The van der Waals surface area contributed by atoms with Crippen LogP contribution in [0.4, 0.5) is 5.69 Å². The number of amides is 1. The molecule has 0 spiro atoms. The van der Waals surface area contributed by atoms with E-state index in [4.69, 9.17) is 11.6 Å². The molecule has 1 N–H and O–H groups in total. The Bertz CT molecular complexity index is 533. The number of benzene rings is 1. The molecule has 0 aliphatic rings. The zero-order valence-electron chi connectivity index (χ0n) is 9.46. The second-order valence-corrected chi connectivity index (χ2v) is 6.32. The smallest absolute Gasteiger partial charge is 0.237 e. The van der Waals surface area contributed by atoms with Crippen molar-refractivity contribution in [2.24, 2.45) is 0 Å². The summed E-state index contributed by atoms with van der Waals surface area (Å²) in [6.45, 7) is 1.83. The number of nitrogens with zero attached hydrogens (tertiary/aromatic N) is 2. The molecule has 1 aromatic carbocycles. The number of thioether (sulfide) groups is 1. The quantitative estimate of drug-likeness (QED) is 0.880. The Morgan fingerprint density at radius 2 is 2.39 bits per heavy atom. The molecule has 1 heterocycles. The second kappa shape index (κ2) is 6.17. The molecule has 0 bridgehead atoms. The number of rotatable bonds is 4. The first-order chi connectivity index (χ1) is 8.65. The molecule has 2 rings (SSSR count). The molecule has 1 unspecified atom stereocenters. The van der Waals surface area contributed by atoms with Crippen LogP contribution < -0.4 is 5.32 Å². The fraction of sp³-hybridized carbons (Fsp3) is 0.182. The van der Waals surface area contributed by atoms with Gasteiger partial charge >= 0.3 is 0 Å². The highest BCUT2D eigenvalue weighted by Crippen LogP contribution is 2.25. The van der Waals surface area contributed by atoms with E-state index in [1.165, 1.54) is 23.1 Å². The predicted molar refractivity (Wildman–Crippen MR) is 75.3 cm³/mol. The van der Waals surface area contributed by atoms with Crippen molar-refractivity contribution in [2.75, 3.05) is 5.32 Å². The van der Waals surface area contributed by atoms with Crippen LogP contribution in [0, 0.1) is 0 Å². The summed E-state index contributed by atoms with van der Waals surface area (Å²) in [5.74, 6) is -0.0857. The van der Waals surface area contributed by atoms with Gasteiger partial charge in [0.1, 0.15) is 5.51 Å². The van der Waals surface area contributed by atoms with E-state index in [0.29, 0.717) is 10.7 Å². The SMILES string of the molecule is CC(Sc1nncs1)C(=O)Nc1cccc(Cl)c1. The molecule has 4 nitrogen and oxygen atoms in total. The van der Waals surface area contributed by atoms with Crippen LogP contribution in [0.15, 0.2) is 34.1 Å². The summed E-state index contributed by atoms with van der Waals surface area (Å²) in [7, 11) is 0. The Labute approximate surface area is 118 Å². The van der Waals surface area contributed by atoms with Crippen LogP contribution in [0.5, 0.6) is 0 Å². The summed E-state index contributed by atoms with van der Waals surface area (Å²) in [4.78, 5) is 11.9. The topological polar surface area (TPSA) is 54.9 Å². The minimum atomic E-state index is -0.239. The largest absolute Gasteiger partial charge is 0.325 e. The van der Waals surface area contributed by atoms with E-state index in [-0.39, 0.29) is 11.2 Å². The van der Waals surface area contributed by atoms with Crippen LogP contribution in [0.2, 0.25) is 5.02 Å². The lowest BCUT2D eigenvalue weighted by atomic mass is 10.3. The van der Waals surface area contributed by atoms with Gasteiger partial charge in [-0.05, 0) is 25.1 Å². The maximum absolute atomic E-state index is 11.9. The van der Waals surface area contributed by atoms with Crippen molar-refractivity contribution in [3.05, 3.63) is 34.8 Å². The van der Waals surface area contributed by atoms with E-state index in [2.05, 4.69) is 15.5 Å². The molecular weight excluding hydrogens is 290 g/mol. The number of carbonyl (C=O) groups is 1. The predicted octanol–water partition coefficient (Wildman–Crippen LogP) is 3.31. The summed E-state index contributed by atoms with van der Waals surface area (Å²) < 4.78 is 0.781. The van der Waals surface area contributed by atoms with Gasteiger partial charge < -0.3 is 5.32 Å². The van der Waals surface area contributed by atoms with Crippen molar-refractivity contribution in [3.8, 4) is 0 Å². The molecule has 1 amide bonds. The summed E-state index contributed by atoms with van der Waals surface area (Å²) in [6, 6.07) is 7.06. The number of aromatic nitrogens is 2.